The molecule has 0 radical (unpaired) electrons. The number of esters is 1. The maximum absolute atomic E-state index is 11.6. The highest BCUT2D eigenvalue weighted by atomic mass is 16.6. The summed E-state index contributed by atoms with van der Waals surface area (Å²) >= 11 is 0. The van der Waals surface area contributed by atoms with E-state index in [1.54, 1.807) is 25.1 Å². The number of nitrogens with zero attached hydrogens (tertiary/aromatic N) is 1. The maximum atomic E-state index is 11.6. The van der Waals surface area contributed by atoms with E-state index in [0.717, 1.165) is 11.1 Å². The van der Waals surface area contributed by atoms with Crippen LogP contribution < -0.4 is 9.47 Å². The number of ether oxygens (including phenoxy) is 2. The Hall–Kier alpha value is -3.08. The zero-order valence-corrected chi connectivity index (χ0v) is 12.8. The van der Waals surface area contributed by atoms with Crippen LogP contribution in [0, 0.1) is 0 Å². The van der Waals surface area contributed by atoms with Crippen molar-refractivity contribution in [2.24, 2.45) is 0 Å². The summed E-state index contributed by atoms with van der Waals surface area (Å²) in [5.74, 6) is 0.708. The Balaban J connectivity index is 1.98. The van der Waals surface area contributed by atoms with Crippen molar-refractivity contribution in [2.75, 3.05) is 7.11 Å². The molecule has 0 saturated carbocycles. The molecule has 0 N–H and O–H groups in total. The summed E-state index contributed by atoms with van der Waals surface area (Å²) in [7, 11) is 1.50. The Labute approximate surface area is 133 Å². The molecule has 0 bridgehead atoms. The minimum absolute atomic E-state index is 0.315. The van der Waals surface area contributed by atoms with E-state index in [1.165, 1.54) is 7.11 Å². The van der Waals surface area contributed by atoms with Gasteiger partial charge in [0.15, 0.2) is 17.1 Å². The van der Waals surface area contributed by atoms with Gasteiger partial charge in [0.25, 0.3) is 0 Å². The second kappa shape index (κ2) is 5.96. The first-order valence-electron chi connectivity index (χ1n) is 7.00. The summed E-state index contributed by atoms with van der Waals surface area (Å²) in [5, 5.41) is 0. The summed E-state index contributed by atoms with van der Waals surface area (Å²) in [6, 6.07) is 12.6. The van der Waals surface area contributed by atoms with Crippen LogP contribution in [-0.2, 0) is 4.79 Å². The van der Waals surface area contributed by atoms with Crippen LogP contribution in [0.1, 0.15) is 6.92 Å². The van der Waals surface area contributed by atoms with Gasteiger partial charge in [-0.1, -0.05) is 18.7 Å². The van der Waals surface area contributed by atoms with Gasteiger partial charge in [-0.05, 0) is 37.3 Å². The summed E-state index contributed by atoms with van der Waals surface area (Å²) in [4.78, 5) is 16.1. The van der Waals surface area contributed by atoms with E-state index < -0.39 is 5.97 Å². The van der Waals surface area contributed by atoms with Crippen molar-refractivity contribution >= 4 is 17.1 Å². The van der Waals surface area contributed by atoms with E-state index in [1.807, 2.05) is 24.3 Å². The third-order valence-electron chi connectivity index (χ3n) is 3.26. The highest BCUT2D eigenvalue weighted by Crippen LogP contribution is 2.33. The van der Waals surface area contributed by atoms with E-state index in [4.69, 9.17) is 13.9 Å². The first kappa shape index (κ1) is 14.8. The van der Waals surface area contributed by atoms with Crippen LogP contribution in [0.2, 0.25) is 0 Å². The molecule has 0 fully saturated rings. The third-order valence-corrected chi connectivity index (χ3v) is 3.26. The lowest BCUT2D eigenvalue weighted by Gasteiger charge is -2.09. The molecule has 0 aliphatic rings. The predicted molar refractivity (Wildman–Crippen MR) is 86.4 cm³/mol. The van der Waals surface area contributed by atoms with Gasteiger partial charge in [-0.2, -0.15) is 0 Å². The number of methoxy groups -OCH3 is 1. The van der Waals surface area contributed by atoms with Crippen molar-refractivity contribution in [3.63, 3.8) is 0 Å². The SMILES string of the molecule is C=C(C)C(=O)Oc1ccc(-c2nc3ccccc3o2)cc1OC. The highest BCUT2D eigenvalue weighted by Gasteiger charge is 2.14. The number of aromatic nitrogens is 1. The van der Waals surface area contributed by atoms with Gasteiger partial charge < -0.3 is 13.9 Å². The van der Waals surface area contributed by atoms with E-state index in [9.17, 15) is 4.79 Å². The minimum atomic E-state index is -0.502. The molecule has 5 nitrogen and oxygen atoms in total. The van der Waals surface area contributed by atoms with E-state index in [0.29, 0.717) is 28.5 Å². The number of hydrogen-bond acceptors (Lipinski definition) is 5. The van der Waals surface area contributed by atoms with E-state index in [-0.39, 0.29) is 0 Å². The van der Waals surface area contributed by atoms with E-state index >= 15 is 0 Å². The molecule has 0 aliphatic heterocycles. The number of para-hydroxylation sites is 2. The average Bonchev–Trinajstić information content (AvgIpc) is 2.99. The molecule has 23 heavy (non-hydrogen) atoms. The van der Waals surface area contributed by atoms with Crippen molar-refractivity contribution in [1.82, 2.24) is 4.98 Å². The highest BCUT2D eigenvalue weighted by molar-refractivity contribution is 5.89. The van der Waals surface area contributed by atoms with Crippen LogP contribution in [0.3, 0.4) is 0 Å². The Kier molecular flexibility index (Phi) is 3.85. The molecule has 3 aromatic rings. The molecule has 0 spiro atoms. The van der Waals surface area contributed by atoms with E-state index in [2.05, 4.69) is 11.6 Å². The fraction of sp³-hybridized carbons (Fsp3) is 0.111. The molecule has 0 amide bonds. The van der Waals surface area contributed by atoms with Gasteiger partial charge in [0.2, 0.25) is 5.89 Å². The van der Waals surface area contributed by atoms with Crippen LogP contribution >= 0.6 is 0 Å². The topological polar surface area (TPSA) is 61.6 Å². The molecule has 1 heterocycles. The third kappa shape index (κ3) is 2.94. The first-order valence-corrected chi connectivity index (χ1v) is 7.00. The van der Waals surface area contributed by atoms with Crippen molar-refractivity contribution in [2.45, 2.75) is 6.92 Å². The maximum Gasteiger partial charge on any atom is 0.338 e. The Morgan fingerprint density at radius 2 is 1.96 bits per heavy atom. The molecular formula is C18H15NO4. The molecule has 0 aliphatic carbocycles. The van der Waals surface area contributed by atoms with Crippen molar-refractivity contribution in [3.05, 3.63) is 54.6 Å². The van der Waals surface area contributed by atoms with Crippen molar-refractivity contribution in [3.8, 4) is 23.0 Å². The standard InChI is InChI=1S/C18H15NO4/c1-11(2)18(20)23-15-9-8-12(10-16(15)21-3)17-19-13-6-4-5-7-14(13)22-17/h4-10H,1H2,2-3H3. The molecule has 0 unspecified atom stereocenters. The van der Waals surface area contributed by atoms with Crippen molar-refractivity contribution in [1.29, 1.82) is 0 Å². The number of oxazole rings is 1. The molecular weight excluding hydrogens is 294 g/mol. The van der Waals surface area contributed by atoms with Crippen LogP contribution in [0.4, 0.5) is 0 Å². The van der Waals surface area contributed by atoms with Crippen molar-refractivity contribution < 1.29 is 18.7 Å². The number of carbonyl (C=O) groups excluding carboxylic acids is 1. The minimum Gasteiger partial charge on any atom is -0.493 e. The lowest BCUT2D eigenvalue weighted by Crippen LogP contribution is -2.09. The molecule has 5 heteroatoms. The smallest absolute Gasteiger partial charge is 0.338 e. The first-order chi connectivity index (χ1) is 11.1. The van der Waals surface area contributed by atoms with Gasteiger partial charge in [-0.15, -0.1) is 0 Å². The van der Waals surface area contributed by atoms with Crippen LogP contribution in [0.25, 0.3) is 22.6 Å². The predicted octanol–water partition coefficient (Wildman–Crippen LogP) is 3.98. The number of rotatable bonds is 4. The quantitative estimate of drug-likeness (QED) is 0.414. The average molecular weight is 309 g/mol. The Bertz CT molecular complexity index is 862. The number of hydrogen-bond donors (Lipinski definition) is 0. The molecule has 0 saturated heterocycles. The van der Waals surface area contributed by atoms with Gasteiger partial charge in [0.1, 0.15) is 5.52 Å². The largest absolute Gasteiger partial charge is 0.493 e. The molecule has 0 atom stereocenters. The monoisotopic (exact) mass is 309 g/mol. The summed E-state index contributed by atoms with van der Waals surface area (Å²) < 4.78 is 16.2. The van der Waals surface area contributed by atoms with Gasteiger partial charge >= 0.3 is 5.97 Å². The van der Waals surface area contributed by atoms with Gasteiger partial charge in [0, 0.05) is 11.1 Å². The Morgan fingerprint density at radius 1 is 1.17 bits per heavy atom. The van der Waals surface area contributed by atoms with Gasteiger partial charge in [-0.25, -0.2) is 9.78 Å². The fourth-order valence-corrected chi connectivity index (χ4v) is 2.07. The summed E-state index contributed by atoms with van der Waals surface area (Å²) in [6.45, 7) is 5.14. The second-order valence-electron chi connectivity index (χ2n) is 5.02. The lowest BCUT2D eigenvalue weighted by atomic mass is 10.2. The fourth-order valence-electron chi connectivity index (χ4n) is 2.07. The molecule has 3 rings (SSSR count). The van der Waals surface area contributed by atoms with Crippen LogP contribution in [-0.4, -0.2) is 18.1 Å². The Morgan fingerprint density at radius 3 is 2.65 bits per heavy atom. The van der Waals surface area contributed by atoms with Crippen LogP contribution in [0.15, 0.2) is 59.0 Å². The number of benzene rings is 2. The van der Waals surface area contributed by atoms with Crippen LogP contribution in [0.5, 0.6) is 11.5 Å². The number of fused-ring (bicyclic) bond motifs is 1. The molecule has 2 aromatic carbocycles. The van der Waals surface area contributed by atoms with Gasteiger partial charge in [-0.3, -0.25) is 0 Å². The summed E-state index contributed by atoms with van der Waals surface area (Å²) in [5.41, 5.74) is 2.53. The molecule has 116 valence electrons. The normalized spacial score (nSPS) is 10.5. The van der Waals surface area contributed by atoms with Gasteiger partial charge in [0.05, 0.1) is 7.11 Å². The zero-order valence-electron chi connectivity index (χ0n) is 12.8. The zero-order chi connectivity index (χ0) is 16.4. The number of carbonyl (C=O) groups is 1. The molecule has 1 aromatic heterocycles. The second-order valence-corrected chi connectivity index (χ2v) is 5.02. The lowest BCUT2D eigenvalue weighted by molar-refractivity contribution is -0.130. The summed E-state index contributed by atoms with van der Waals surface area (Å²) in [6.07, 6.45) is 0.